The maximum Gasteiger partial charge on any atom is 0.346 e. The molecule has 2 aromatic rings. The Balaban J connectivity index is 2.10. The first-order chi connectivity index (χ1) is 17.4. The van der Waals surface area contributed by atoms with Crippen LogP contribution in [0, 0.1) is 25.2 Å². The van der Waals surface area contributed by atoms with E-state index in [-0.39, 0.29) is 41.9 Å². The SMILES string of the molecule is Cc1cc(N(CCOCCO)CCOCCOCCO)ccc1N=Nc1sc(C(=O)O)c(C)c1C#N. The minimum atomic E-state index is -1.10. The fraction of sp³-hybridized carbons (Fsp3) is 0.500. The molecule has 1 aromatic carbocycles. The summed E-state index contributed by atoms with van der Waals surface area (Å²) in [6, 6.07) is 7.67. The molecule has 0 radical (unpaired) electrons. The van der Waals surface area contributed by atoms with Crippen molar-refractivity contribution in [2.24, 2.45) is 10.2 Å². The fourth-order valence-corrected chi connectivity index (χ4v) is 4.14. The van der Waals surface area contributed by atoms with Gasteiger partial charge in [-0.25, -0.2) is 4.79 Å². The Hall–Kier alpha value is -2.92. The third kappa shape index (κ3) is 8.94. The van der Waals surface area contributed by atoms with Crippen LogP contribution in [0.3, 0.4) is 0 Å². The normalized spacial score (nSPS) is 11.2. The molecule has 0 atom stereocenters. The molecule has 196 valence electrons. The molecule has 3 N–H and O–H groups in total. The number of hydrogen-bond acceptors (Lipinski definition) is 11. The number of carboxylic acid groups (broad SMARTS) is 1. The van der Waals surface area contributed by atoms with Crippen LogP contribution in [-0.4, -0.2) is 87.2 Å². The maximum absolute atomic E-state index is 11.4. The highest BCUT2D eigenvalue weighted by Crippen LogP contribution is 2.36. The van der Waals surface area contributed by atoms with Crippen LogP contribution in [0.15, 0.2) is 28.4 Å². The molecule has 0 spiro atoms. The number of nitriles is 1. The number of aliphatic hydroxyl groups excluding tert-OH is 2. The molecule has 11 nitrogen and oxygen atoms in total. The Morgan fingerprint density at radius 2 is 1.61 bits per heavy atom. The third-order valence-electron chi connectivity index (χ3n) is 5.08. The molecule has 12 heteroatoms. The standard InChI is InChI=1S/C24H32N4O7S/c1-17-15-19(28(5-9-33-11-7-29)6-10-34-13-14-35-12-8-30)3-4-21(17)26-27-23-20(16-25)18(2)22(36-23)24(31)32/h3-4,15,29-30H,5-14H2,1-2H3,(H,31,32). The number of aryl methyl sites for hydroxylation is 1. The number of ether oxygens (including phenoxy) is 3. The summed E-state index contributed by atoms with van der Waals surface area (Å²) >= 11 is 0.925. The molecule has 0 saturated carbocycles. The van der Waals surface area contributed by atoms with Gasteiger partial charge in [0.15, 0.2) is 5.00 Å². The zero-order valence-electron chi connectivity index (χ0n) is 20.5. The number of thiophene rings is 1. The Labute approximate surface area is 214 Å². The lowest BCUT2D eigenvalue weighted by Crippen LogP contribution is -2.31. The molecule has 1 aromatic heterocycles. The second-order valence-corrected chi connectivity index (χ2v) is 8.59. The van der Waals surface area contributed by atoms with E-state index >= 15 is 0 Å². The Kier molecular flexibility index (Phi) is 13.0. The number of carbonyl (C=O) groups is 1. The van der Waals surface area contributed by atoms with Gasteiger partial charge in [0.2, 0.25) is 0 Å². The fourth-order valence-electron chi connectivity index (χ4n) is 3.22. The molecule has 0 aliphatic rings. The first kappa shape index (κ1) is 29.3. The summed E-state index contributed by atoms with van der Waals surface area (Å²) in [4.78, 5) is 13.5. The molecular weight excluding hydrogens is 488 g/mol. The quantitative estimate of drug-likeness (QED) is 0.210. The first-order valence-electron chi connectivity index (χ1n) is 11.4. The minimum absolute atomic E-state index is 0.0215. The van der Waals surface area contributed by atoms with Gasteiger partial charge in [-0.1, -0.05) is 0 Å². The van der Waals surface area contributed by atoms with Gasteiger partial charge in [0.1, 0.15) is 10.9 Å². The van der Waals surface area contributed by atoms with Gasteiger partial charge in [-0.05, 0) is 43.2 Å². The molecule has 36 heavy (non-hydrogen) atoms. The van der Waals surface area contributed by atoms with Crippen LogP contribution in [0.5, 0.6) is 0 Å². The van der Waals surface area contributed by atoms with Gasteiger partial charge in [-0.3, -0.25) is 0 Å². The van der Waals surface area contributed by atoms with Crippen molar-refractivity contribution in [1.29, 1.82) is 5.26 Å². The van der Waals surface area contributed by atoms with E-state index in [1.807, 2.05) is 31.2 Å². The van der Waals surface area contributed by atoms with Crippen LogP contribution in [-0.2, 0) is 14.2 Å². The third-order valence-corrected chi connectivity index (χ3v) is 6.25. The van der Waals surface area contributed by atoms with Crippen LogP contribution in [0.1, 0.15) is 26.4 Å². The first-order valence-corrected chi connectivity index (χ1v) is 12.2. The second-order valence-electron chi connectivity index (χ2n) is 7.60. The van der Waals surface area contributed by atoms with Crippen molar-refractivity contribution in [2.45, 2.75) is 13.8 Å². The van der Waals surface area contributed by atoms with Gasteiger partial charge in [0.05, 0.1) is 64.1 Å². The lowest BCUT2D eigenvalue weighted by Gasteiger charge is -2.25. The summed E-state index contributed by atoms with van der Waals surface area (Å²) < 4.78 is 16.2. The van der Waals surface area contributed by atoms with Crippen molar-refractivity contribution < 1.29 is 34.3 Å². The van der Waals surface area contributed by atoms with Gasteiger partial charge in [-0.15, -0.1) is 21.6 Å². The highest BCUT2D eigenvalue weighted by Gasteiger charge is 2.19. The van der Waals surface area contributed by atoms with Gasteiger partial charge < -0.3 is 34.4 Å². The number of hydrogen-bond donors (Lipinski definition) is 3. The summed E-state index contributed by atoms with van der Waals surface area (Å²) in [7, 11) is 0. The van der Waals surface area contributed by atoms with Gasteiger partial charge in [-0.2, -0.15) is 5.26 Å². The highest BCUT2D eigenvalue weighted by molar-refractivity contribution is 7.18. The van der Waals surface area contributed by atoms with Crippen molar-refractivity contribution in [3.8, 4) is 6.07 Å². The van der Waals surface area contributed by atoms with Crippen molar-refractivity contribution in [2.75, 3.05) is 70.8 Å². The van der Waals surface area contributed by atoms with Gasteiger partial charge in [0, 0.05) is 18.8 Å². The Morgan fingerprint density at radius 3 is 2.17 bits per heavy atom. The monoisotopic (exact) mass is 520 g/mol. The van der Waals surface area contributed by atoms with E-state index in [1.165, 1.54) is 0 Å². The molecular formula is C24H32N4O7S. The van der Waals surface area contributed by atoms with E-state index < -0.39 is 5.97 Å². The lowest BCUT2D eigenvalue weighted by molar-refractivity contribution is 0.0347. The highest BCUT2D eigenvalue weighted by atomic mass is 32.1. The number of azo groups is 1. The van der Waals surface area contributed by atoms with E-state index in [0.29, 0.717) is 50.8 Å². The number of anilines is 1. The number of carboxylic acids is 1. The number of nitrogens with zero attached hydrogens (tertiary/aromatic N) is 4. The minimum Gasteiger partial charge on any atom is -0.477 e. The predicted molar refractivity (Wildman–Crippen MR) is 135 cm³/mol. The van der Waals surface area contributed by atoms with Gasteiger partial charge >= 0.3 is 5.97 Å². The number of aliphatic hydroxyl groups is 2. The average molecular weight is 521 g/mol. The van der Waals surface area contributed by atoms with E-state index in [0.717, 1.165) is 22.6 Å². The number of rotatable bonds is 17. The summed E-state index contributed by atoms with van der Waals surface area (Å²) in [5, 5.41) is 45.1. The number of benzene rings is 1. The van der Waals surface area contributed by atoms with Crippen molar-refractivity contribution in [3.05, 3.63) is 39.8 Å². The molecule has 1 heterocycles. The Bertz CT molecular complexity index is 1050. The molecule has 2 rings (SSSR count). The molecule has 0 aliphatic carbocycles. The molecule has 0 fully saturated rings. The van der Waals surface area contributed by atoms with Gasteiger partial charge in [0.25, 0.3) is 0 Å². The molecule has 0 bridgehead atoms. The van der Waals surface area contributed by atoms with E-state index in [1.54, 1.807) is 6.92 Å². The maximum atomic E-state index is 11.4. The molecule has 0 unspecified atom stereocenters. The van der Waals surface area contributed by atoms with Crippen LogP contribution in [0.25, 0.3) is 0 Å². The smallest absolute Gasteiger partial charge is 0.346 e. The van der Waals surface area contributed by atoms with Crippen molar-refractivity contribution in [3.63, 3.8) is 0 Å². The van der Waals surface area contributed by atoms with Crippen LogP contribution in [0.4, 0.5) is 16.4 Å². The van der Waals surface area contributed by atoms with Crippen LogP contribution in [0.2, 0.25) is 0 Å². The van der Waals surface area contributed by atoms with Crippen molar-refractivity contribution in [1.82, 2.24) is 0 Å². The molecule has 0 aliphatic heterocycles. The summed E-state index contributed by atoms with van der Waals surface area (Å²) in [5.74, 6) is -1.10. The zero-order valence-corrected chi connectivity index (χ0v) is 21.3. The largest absolute Gasteiger partial charge is 0.477 e. The Morgan fingerprint density at radius 1 is 1.00 bits per heavy atom. The molecule has 0 amide bonds. The number of aromatic carboxylic acids is 1. The average Bonchev–Trinajstić information content (AvgIpc) is 3.19. The summed E-state index contributed by atoms with van der Waals surface area (Å²) in [6.07, 6.45) is 0. The zero-order chi connectivity index (χ0) is 26.3. The van der Waals surface area contributed by atoms with E-state index in [2.05, 4.69) is 15.1 Å². The predicted octanol–water partition coefficient (Wildman–Crippen LogP) is 3.19. The lowest BCUT2D eigenvalue weighted by atomic mass is 10.1. The second kappa shape index (κ2) is 15.9. The van der Waals surface area contributed by atoms with Crippen LogP contribution < -0.4 is 4.90 Å². The summed E-state index contributed by atoms with van der Waals surface area (Å²) in [5.41, 5.74) is 2.97. The van der Waals surface area contributed by atoms with E-state index in [9.17, 15) is 15.2 Å². The summed E-state index contributed by atoms with van der Waals surface area (Å²) in [6.45, 7) is 6.87. The van der Waals surface area contributed by atoms with Crippen molar-refractivity contribution >= 4 is 33.7 Å². The molecule has 0 saturated heterocycles. The van der Waals surface area contributed by atoms with Crippen LogP contribution >= 0.6 is 11.3 Å². The topological polar surface area (TPSA) is 157 Å². The van der Waals surface area contributed by atoms with E-state index in [4.69, 9.17) is 24.4 Å².